The Hall–Kier alpha value is -0.0800. The normalized spacial score (nSPS) is 17.1. The number of unbranched alkanes of at least 4 members (excludes halogenated alkanes) is 1. The molecule has 0 atom stereocenters. The second-order valence-electron chi connectivity index (χ2n) is 5.48. The molecule has 6 heteroatoms. The minimum atomic E-state index is 0. The molecule has 0 bridgehead atoms. The lowest BCUT2D eigenvalue weighted by atomic mass is 9.89. The largest absolute Gasteiger partial charge is 0.381 e. The number of nitrogens with zero attached hydrogens (tertiary/aromatic N) is 1. The first-order valence-corrected chi connectivity index (χ1v) is 7.30. The molecule has 0 spiro atoms. The Balaban J connectivity index is 0.00000361. The van der Waals surface area contributed by atoms with Gasteiger partial charge in [0, 0.05) is 38.8 Å². The monoisotopic (exact) mass is 399 g/mol. The van der Waals surface area contributed by atoms with Crippen LogP contribution in [0.5, 0.6) is 0 Å². The predicted molar refractivity (Wildman–Crippen MR) is 94.0 cm³/mol. The number of halogens is 1. The Morgan fingerprint density at radius 3 is 2.50 bits per heavy atom. The first-order valence-electron chi connectivity index (χ1n) is 7.30. The van der Waals surface area contributed by atoms with Crippen LogP contribution in [-0.4, -0.2) is 52.5 Å². The number of rotatable bonds is 9. The number of aliphatic imine (C=N–C) groups is 1. The van der Waals surface area contributed by atoms with Gasteiger partial charge in [0.1, 0.15) is 0 Å². The molecule has 5 nitrogen and oxygen atoms in total. The second kappa shape index (κ2) is 11.6. The van der Waals surface area contributed by atoms with Gasteiger partial charge >= 0.3 is 0 Å². The zero-order chi connectivity index (χ0) is 14.0. The summed E-state index contributed by atoms with van der Waals surface area (Å²) in [5.74, 6) is 0.863. The molecule has 20 heavy (non-hydrogen) atoms. The maximum Gasteiger partial charge on any atom is 0.191 e. The lowest BCUT2D eigenvalue weighted by Gasteiger charge is -2.38. The SMILES string of the molecule is CCCCOCCCNC(=NC)NCC1(C)COC1.I. The van der Waals surface area contributed by atoms with Crippen molar-refractivity contribution in [3.05, 3.63) is 0 Å². The molecule has 0 aliphatic carbocycles. The number of nitrogens with one attached hydrogen (secondary N) is 2. The van der Waals surface area contributed by atoms with E-state index in [1.54, 1.807) is 7.05 Å². The first kappa shape index (κ1) is 19.9. The van der Waals surface area contributed by atoms with E-state index < -0.39 is 0 Å². The van der Waals surface area contributed by atoms with E-state index >= 15 is 0 Å². The van der Waals surface area contributed by atoms with Crippen LogP contribution in [0.3, 0.4) is 0 Å². The molecule has 2 N–H and O–H groups in total. The summed E-state index contributed by atoms with van der Waals surface area (Å²) >= 11 is 0. The summed E-state index contributed by atoms with van der Waals surface area (Å²) in [7, 11) is 1.80. The fraction of sp³-hybridized carbons (Fsp3) is 0.929. The quantitative estimate of drug-likeness (QED) is 0.270. The van der Waals surface area contributed by atoms with Gasteiger partial charge in [-0.15, -0.1) is 24.0 Å². The minimum absolute atomic E-state index is 0. The molecular formula is C14H30IN3O2. The molecule has 120 valence electrons. The summed E-state index contributed by atoms with van der Waals surface area (Å²) in [4.78, 5) is 4.21. The highest BCUT2D eigenvalue weighted by molar-refractivity contribution is 14.0. The van der Waals surface area contributed by atoms with E-state index in [1.807, 2.05) is 0 Å². The Kier molecular flexibility index (Phi) is 11.5. The second-order valence-corrected chi connectivity index (χ2v) is 5.48. The molecule has 1 aliphatic rings. The van der Waals surface area contributed by atoms with Crippen molar-refractivity contribution in [2.24, 2.45) is 10.4 Å². The van der Waals surface area contributed by atoms with Crippen LogP contribution in [-0.2, 0) is 9.47 Å². The van der Waals surface area contributed by atoms with Crippen molar-refractivity contribution in [3.8, 4) is 0 Å². The molecule has 1 aliphatic heterocycles. The van der Waals surface area contributed by atoms with E-state index in [4.69, 9.17) is 9.47 Å². The molecule has 0 aromatic rings. The molecule has 1 rings (SSSR count). The van der Waals surface area contributed by atoms with Crippen LogP contribution >= 0.6 is 24.0 Å². The van der Waals surface area contributed by atoms with Gasteiger partial charge in [-0.3, -0.25) is 4.99 Å². The van der Waals surface area contributed by atoms with Crippen LogP contribution in [0.1, 0.15) is 33.1 Å². The van der Waals surface area contributed by atoms with E-state index in [0.717, 1.165) is 58.3 Å². The summed E-state index contributed by atoms with van der Waals surface area (Å²) in [6.45, 7) is 9.55. The summed E-state index contributed by atoms with van der Waals surface area (Å²) in [6, 6.07) is 0. The van der Waals surface area contributed by atoms with E-state index in [2.05, 4.69) is 29.5 Å². The summed E-state index contributed by atoms with van der Waals surface area (Å²) < 4.78 is 10.7. The zero-order valence-corrected chi connectivity index (χ0v) is 15.4. The van der Waals surface area contributed by atoms with E-state index in [-0.39, 0.29) is 29.4 Å². The van der Waals surface area contributed by atoms with Gasteiger partial charge in [0.25, 0.3) is 0 Å². The van der Waals surface area contributed by atoms with Gasteiger partial charge in [0.15, 0.2) is 5.96 Å². The third-order valence-electron chi connectivity index (χ3n) is 3.21. The molecule has 0 radical (unpaired) electrons. The van der Waals surface area contributed by atoms with Crippen LogP contribution in [0.2, 0.25) is 0 Å². The molecule has 0 saturated carbocycles. The van der Waals surface area contributed by atoms with Gasteiger partial charge in [0.05, 0.1) is 13.2 Å². The highest BCUT2D eigenvalue weighted by Crippen LogP contribution is 2.24. The lowest BCUT2D eigenvalue weighted by molar-refractivity contribution is -0.0971. The Morgan fingerprint density at radius 2 is 1.95 bits per heavy atom. The molecular weight excluding hydrogens is 369 g/mol. The van der Waals surface area contributed by atoms with Gasteiger partial charge < -0.3 is 20.1 Å². The van der Waals surface area contributed by atoms with Crippen molar-refractivity contribution >= 4 is 29.9 Å². The van der Waals surface area contributed by atoms with E-state index in [9.17, 15) is 0 Å². The summed E-state index contributed by atoms with van der Waals surface area (Å²) in [6.07, 6.45) is 3.35. The van der Waals surface area contributed by atoms with Gasteiger partial charge in [-0.2, -0.15) is 0 Å². The fourth-order valence-electron chi connectivity index (χ4n) is 1.80. The maximum atomic E-state index is 5.51. The van der Waals surface area contributed by atoms with Gasteiger partial charge in [-0.1, -0.05) is 20.3 Å². The van der Waals surface area contributed by atoms with Gasteiger partial charge in [0.2, 0.25) is 0 Å². The van der Waals surface area contributed by atoms with Crippen molar-refractivity contribution in [3.63, 3.8) is 0 Å². The number of guanidine groups is 1. The summed E-state index contributed by atoms with van der Waals surface area (Å²) in [5, 5.41) is 6.64. The molecule has 1 heterocycles. The van der Waals surface area contributed by atoms with Crippen molar-refractivity contribution < 1.29 is 9.47 Å². The van der Waals surface area contributed by atoms with Crippen molar-refractivity contribution in [1.29, 1.82) is 0 Å². The highest BCUT2D eigenvalue weighted by Gasteiger charge is 2.33. The van der Waals surface area contributed by atoms with Crippen LogP contribution in [0.4, 0.5) is 0 Å². The molecule has 1 saturated heterocycles. The van der Waals surface area contributed by atoms with Crippen LogP contribution in [0, 0.1) is 5.41 Å². The fourth-order valence-corrected chi connectivity index (χ4v) is 1.80. The average Bonchev–Trinajstić information content (AvgIpc) is 2.39. The Morgan fingerprint density at radius 1 is 1.25 bits per heavy atom. The van der Waals surface area contributed by atoms with E-state index in [1.165, 1.54) is 6.42 Å². The standard InChI is InChI=1S/C14H29N3O2.HI/c1-4-5-8-18-9-6-7-16-13(15-3)17-10-14(2)11-19-12-14;/h4-12H2,1-3H3,(H2,15,16,17);1H. The smallest absolute Gasteiger partial charge is 0.191 e. The molecule has 1 fully saturated rings. The molecule has 0 aromatic carbocycles. The number of ether oxygens (including phenoxy) is 2. The predicted octanol–water partition coefficient (Wildman–Crippen LogP) is 2.01. The maximum absolute atomic E-state index is 5.51. The topological polar surface area (TPSA) is 54.9 Å². The Labute approximate surface area is 140 Å². The van der Waals surface area contributed by atoms with Crippen molar-refractivity contribution in [2.45, 2.75) is 33.1 Å². The van der Waals surface area contributed by atoms with Crippen LogP contribution in [0.15, 0.2) is 4.99 Å². The molecule has 0 amide bonds. The van der Waals surface area contributed by atoms with Crippen LogP contribution < -0.4 is 10.6 Å². The first-order chi connectivity index (χ1) is 9.20. The number of hydrogen-bond donors (Lipinski definition) is 2. The van der Waals surface area contributed by atoms with Crippen LogP contribution in [0.25, 0.3) is 0 Å². The minimum Gasteiger partial charge on any atom is -0.381 e. The average molecular weight is 399 g/mol. The lowest BCUT2D eigenvalue weighted by Crippen LogP contribution is -2.51. The van der Waals surface area contributed by atoms with E-state index in [0.29, 0.717) is 0 Å². The number of hydrogen-bond acceptors (Lipinski definition) is 3. The van der Waals surface area contributed by atoms with Gasteiger partial charge in [-0.25, -0.2) is 0 Å². The van der Waals surface area contributed by atoms with Crippen molar-refractivity contribution in [1.82, 2.24) is 10.6 Å². The highest BCUT2D eigenvalue weighted by atomic mass is 127. The third kappa shape index (κ3) is 8.26. The van der Waals surface area contributed by atoms with Crippen molar-refractivity contribution in [2.75, 3.05) is 46.6 Å². The third-order valence-corrected chi connectivity index (χ3v) is 3.21. The molecule has 0 aromatic heterocycles. The van der Waals surface area contributed by atoms with Gasteiger partial charge in [-0.05, 0) is 12.8 Å². The summed E-state index contributed by atoms with van der Waals surface area (Å²) in [5.41, 5.74) is 0.265. The zero-order valence-electron chi connectivity index (χ0n) is 13.0. The Bertz CT molecular complexity index is 271. The molecule has 0 unspecified atom stereocenters.